The first-order valence-electron chi connectivity index (χ1n) is 11.4. The maximum atomic E-state index is 13.4. The molecule has 2 heterocycles. The van der Waals surface area contributed by atoms with Crippen LogP contribution >= 0.6 is 0 Å². The number of pyridine rings is 1. The van der Waals surface area contributed by atoms with Crippen molar-refractivity contribution in [3.05, 3.63) is 94.4 Å². The first-order valence-corrected chi connectivity index (χ1v) is 12.9. The van der Waals surface area contributed by atoms with Crippen molar-refractivity contribution in [2.24, 2.45) is 0 Å². The zero-order valence-corrected chi connectivity index (χ0v) is 19.8. The molecule has 3 aromatic rings. The fourth-order valence-electron chi connectivity index (χ4n) is 4.43. The molecule has 9 heteroatoms. The molecule has 0 radical (unpaired) electrons. The summed E-state index contributed by atoms with van der Waals surface area (Å²) in [5, 5.41) is 1.29. The summed E-state index contributed by atoms with van der Waals surface area (Å²) >= 11 is 0. The van der Waals surface area contributed by atoms with Crippen molar-refractivity contribution in [2.45, 2.75) is 13.0 Å². The molecule has 180 valence electrons. The average molecular weight is 493 g/mol. The Kier molecular flexibility index (Phi) is 6.36. The Morgan fingerprint density at radius 1 is 1.00 bits per heavy atom. The van der Waals surface area contributed by atoms with Crippen LogP contribution in [0.5, 0.6) is 0 Å². The van der Waals surface area contributed by atoms with Crippen LogP contribution in [-0.4, -0.2) is 55.3 Å². The average Bonchev–Trinajstić information content (AvgIpc) is 3.30. The van der Waals surface area contributed by atoms with Gasteiger partial charge in [-0.2, -0.15) is 0 Å². The fraction of sp³-hybridized carbons (Fsp3) is 0.231. The van der Waals surface area contributed by atoms with Gasteiger partial charge in [-0.15, -0.1) is 0 Å². The third-order valence-electron chi connectivity index (χ3n) is 6.27. The highest BCUT2D eigenvalue weighted by atomic mass is 32.2. The summed E-state index contributed by atoms with van der Waals surface area (Å²) in [7, 11) is -3.77. The minimum absolute atomic E-state index is 0.0947. The molecule has 7 nitrogen and oxygen atoms in total. The van der Waals surface area contributed by atoms with E-state index in [1.54, 1.807) is 47.5 Å². The van der Waals surface area contributed by atoms with E-state index < -0.39 is 10.0 Å². The van der Waals surface area contributed by atoms with Crippen LogP contribution in [0, 0.1) is 5.82 Å². The third kappa shape index (κ3) is 5.11. The van der Waals surface area contributed by atoms with Gasteiger partial charge in [0.15, 0.2) is 0 Å². The van der Waals surface area contributed by atoms with Crippen LogP contribution in [0.25, 0.3) is 11.0 Å². The van der Waals surface area contributed by atoms with E-state index in [9.17, 15) is 17.6 Å². The number of benzene rings is 2. The standard InChI is InChI=1S/C26H25FN4O3S/c27-22-5-1-3-19(17-22)18-30-13-15-31(16-14-30)26(32)21-6-9-23(10-7-21)29-35(33,34)24-11-8-20-4-2-12-28-25(20)24/h1-10,12,17,29H,11,13-16,18H2. The molecule has 1 aliphatic heterocycles. The zero-order chi connectivity index (χ0) is 24.4. The quantitative estimate of drug-likeness (QED) is 0.569. The molecule has 1 amide bonds. The Hall–Kier alpha value is -3.56. The number of carbonyl (C=O) groups excluding carboxylic acids is 1. The number of aromatic nitrogens is 1. The van der Waals surface area contributed by atoms with Crippen molar-refractivity contribution in [3.63, 3.8) is 0 Å². The van der Waals surface area contributed by atoms with Crippen molar-refractivity contribution in [1.29, 1.82) is 0 Å². The van der Waals surface area contributed by atoms with Gasteiger partial charge in [0.25, 0.3) is 15.9 Å². The molecule has 0 saturated carbocycles. The summed E-state index contributed by atoms with van der Waals surface area (Å²) in [6.45, 7) is 3.19. The largest absolute Gasteiger partial charge is 0.336 e. The van der Waals surface area contributed by atoms with Gasteiger partial charge in [0.2, 0.25) is 0 Å². The van der Waals surface area contributed by atoms with Gasteiger partial charge in [-0.05, 0) is 53.2 Å². The van der Waals surface area contributed by atoms with E-state index in [4.69, 9.17) is 0 Å². The Morgan fingerprint density at radius 3 is 2.51 bits per heavy atom. The van der Waals surface area contributed by atoms with Crippen molar-refractivity contribution < 1.29 is 17.6 Å². The number of piperazine rings is 1. The highest BCUT2D eigenvalue weighted by molar-refractivity contribution is 8.01. The normalized spacial score (nSPS) is 16.0. The van der Waals surface area contributed by atoms with E-state index in [-0.39, 0.29) is 16.6 Å². The van der Waals surface area contributed by atoms with E-state index in [1.165, 1.54) is 12.1 Å². The molecule has 2 aromatic carbocycles. The maximum Gasteiger partial charge on any atom is 0.260 e. The number of carbonyl (C=O) groups is 1. The van der Waals surface area contributed by atoms with E-state index in [0.29, 0.717) is 55.7 Å². The second-order valence-corrected chi connectivity index (χ2v) is 10.4. The van der Waals surface area contributed by atoms with Crippen LogP contribution in [0.3, 0.4) is 0 Å². The number of nitrogens with zero attached hydrogens (tertiary/aromatic N) is 3. The predicted molar refractivity (Wildman–Crippen MR) is 133 cm³/mol. The highest BCUT2D eigenvalue weighted by Gasteiger charge is 2.24. The Morgan fingerprint density at radius 2 is 1.77 bits per heavy atom. The molecule has 1 aliphatic carbocycles. The number of hydrogen-bond donors (Lipinski definition) is 1. The molecule has 1 aromatic heterocycles. The lowest BCUT2D eigenvalue weighted by molar-refractivity contribution is 0.0628. The molecule has 35 heavy (non-hydrogen) atoms. The van der Waals surface area contributed by atoms with Crippen LogP contribution in [-0.2, 0) is 16.6 Å². The van der Waals surface area contributed by atoms with Gasteiger partial charge in [-0.25, -0.2) is 12.8 Å². The van der Waals surface area contributed by atoms with Crippen LogP contribution in [0.4, 0.5) is 10.1 Å². The van der Waals surface area contributed by atoms with E-state index in [0.717, 1.165) is 10.8 Å². The monoisotopic (exact) mass is 492 g/mol. The lowest BCUT2D eigenvalue weighted by Crippen LogP contribution is -2.48. The molecule has 0 bridgehead atoms. The molecule has 0 atom stereocenters. The molecule has 1 N–H and O–H groups in total. The molecular weight excluding hydrogens is 467 g/mol. The SMILES string of the molecule is O=C(c1ccc(NS(=O)(=O)C2=c3ncccc3=CC2)cc1)N1CCN(Cc2cccc(F)c2)CC1. The molecule has 1 fully saturated rings. The lowest BCUT2D eigenvalue weighted by atomic mass is 10.1. The molecule has 2 aliphatic rings. The molecule has 1 saturated heterocycles. The van der Waals surface area contributed by atoms with Gasteiger partial charge in [-0.1, -0.05) is 24.3 Å². The van der Waals surface area contributed by atoms with Crippen LogP contribution in [0.2, 0.25) is 0 Å². The van der Waals surface area contributed by atoms with E-state index in [2.05, 4.69) is 14.6 Å². The summed E-state index contributed by atoms with van der Waals surface area (Å²) in [4.78, 5) is 21.4. The zero-order valence-electron chi connectivity index (χ0n) is 19.0. The first-order chi connectivity index (χ1) is 16.9. The van der Waals surface area contributed by atoms with Crippen LogP contribution in [0.1, 0.15) is 22.3 Å². The minimum atomic E-state index is -3.77. The molecule has 0 spiro atoms. The second kappa shape index (κ2) is 9.59. The van der Waals surface area contributed by atoms with Crippen molar-refractivity contribution in [3.8, 4) is 0 Å². The summed E-state index contributed by atoms with van der Waals surface area (Å²) < 4.78 is 41.8. The van der Waals surface area contributed by atoms with Gasteiger partial charge in [0, 0.05) is 56.6 Å². The number of nitrogens with one attached hydrogen (secondary N) is 1. The van der Waals surface area contributed by atoms with E-state index >= 15 is 0 Å². The number of fused-ring (bicyclic) bond motifs is 1. The highest BCUT2D eigenvalue weighted by Crippen LogP contribution is 2.20. The third-order valence-corrected chi connectivity index (χ3v) is 7.79. The van der Waals surface area contributed by atoms with Crippen molar-refractivity contribution in [1.82, 2.24) is 14.8 Å². The summed E-state index contributed by atoms with van der Waals surface area (Å²) in [5.41, 5.74) is 1.80. The van der Waals surface area contributed by atoms with E-state index in [1.807, 2.05) is 18.2 Å². The van der Waals surface area contributed by atoms with Gasteiger partial charge in [0.1, 0.15) is 5.82 Å². The molecule has 0 unspecified atom stereocenters. The Bertz CT molecular complexity index is 1480. The molecule has 5 rings (SSSR count). The van der Waals surface area contributed by atoms with Crippen LogP contribution in [0.15, 0.2) is 66.9 Å². The Labute approximate surface area is 203 Å². The second-order valence-electron chi connectivity index (χ2n) is 8.65. The minimum Gasteiger partial charge on any atom is -0.336 e. The van der Waals surface area contributed by atoms with Crippen LogP contribution < -0.4 is 15.3 Å². The number of hydrogen-bond acceptors (Lipinski definition) is 5. The smallest absolute Gasteiger partial charge is 0.260 e. The number of rotatable bonds is 6. The fourth-order valence-corrected chi connectivity index (χ4v) is 5.73. The molecular formula is C26H25FN4O3S. The maximum absolute atomic E-state index is 13.4. The van der Waals surface area contributed by atoms with Crippen molar-refractivity contribution in [2.75, 3.05) is 30.9 Å². The number of amides is 1. The summed E-state index contributed by atoms with van der Waals surface area (Å²) in [5.74, 6) is -0.341. The van der Waals surface area contributed by atoms with Crippen molar-refractivity contribution >= 4 is 32.6 Å². The Balaban J connectivity index is 1.20. The van der Waals surface area contributed by atoms with Gasteiger partial charge < -0.3 is 4.90 Å². The van der Waals surface area contributed by atoms with Gasteiger partial charge in [0.05, 0.1) is 10.3 Å². The van der Waals surface area contributed by atoms with Gasteiger partial charge in [-0.3, -0.25) is 19.4 Å². The topological polar surface area (TPSA) is 82.6 Å². The summed E-state index contributed by atoms with van der Waals surface area (Å²) in [6.07, 6.45) is 3.72. The summed E-state index contributed by atoms with van der Waals surface area (Å²) in [6, 6.07) is 16.7. The number of anilines is 1. The lowest BCUT2D eigenvalue weighted by Gasteiger charge is -2.34. The number of halogens is 1. The predicted octanol–water partition coefficient (Wildman–Crippen LogP) is 1.91. The number of sulfonamides is 1. The van der Waals surface area contributed by atoms with Gasteiger partial charge >= 0.3 is 0 Å². The first kappa shape index (κ1) is 23.2.